The van der Waals surface area contributed by atoms with E-state index in [1.807, 2.05) is 42.5 Å². The zero-order chi connectivity index (χ0) is 26.8. The summed E-state index contributed by atoms with van der Waals surface area (Å²) < 4.78 is 22.0. The number of hydrogen-bond acceptors (Lipinski definition) is 6. The van der Waals surface area contributed by atoms with Gasteiger partial charge in [-0.2, -0.15) is 0 Å². The number of carbonyl (C=O) groups excluding carboxylic acids is 2. The minimum atomic E-state index is -0.425. The van der Waals surface area contributed by atoms with Crippen molar-refractivity contribution in [2.75, 3.05) is 33.3 Å². The van der Waals surface area contributed by atoms with Crippen LogP contribution in [-0.2, 0) is 9.59 Å². The van der Waals surface area contributed by atoms with E-state index in [1.54, 1.807) is 57.6 Å². The standard InChI is InChI=1S/C31H31NO6/c1-35-22-10-11-25(29(17-22)38-4)26-18-30(34)32(21-14-23(36-2)16-24(15-21)37-3)27-12-20(13-28(33)31(26)27)19-8-6-5-7-9-19/h5-11,14-17,20,26H,12-13,18H2,1-4H3. The summed E-state index contributed by atoms with van der Waals surface area (Å²) in [7, 11) is 6.32. The Balaban J connectivity index is 1.69. The van der Waals surface area contributed by atoms with Crippen molar-refractivity contribution in [2.45, 2.75) is 31.1 Å². The van der Waals surface area contributed by atoms with Crippen molar-refractivity contribution in [2.24, 2.45) is 0 Å². The molecular formula is C31H31NO6. The molecule has 2 unspecified atom stereocenters. The number of benzene rings is 3. The molecule has 0 saturated carbocycles. The van der Waals surface area contributed by atoms with Gasteiger partial charge >= 0.3 is 0 Å². The largest absolute Gasteiger partial charge is 0.497 e. The van der Waals surface area contributed by atoms with E-state index in [9.17, 15) is 9.59 Å². The van der Waals surface area contributed by atoms with Crippen LogP contribution in [-0.4, -0.2) is 40.1 Å². The van der Waals surface area contributed by atoms with Gasteiger partial charge in [0.1, 0.15) is 23.0 Å². The summed E-state index contributed by atoms with van der Waals surface area (Å²) in [5.74, 6) is 1.83. The molecule has 0 aromatic heterocycles. The molecule has 1 amide bonds. The van der Waals surface area contributed by atoms with Gasteiger partial charge in [-0.15, -0.1) is 0 Å². The van der Waals surface area contributed by atoms with Crippen molar-refractivity contribution in [1.29, 1.82) is 0 Å². The molecule has 0 radical (unpaired) electrons. The van der Waals surface area contributed by atoms with Gasteiger partial charge in [-0.1, -0.05) is 36.4 Å². The fourth-order valence-corrected chi connectivity index (χ4v) is 5.59. The van der Waals surface area contributed by atoms with Crippen LogP contribution in [0.2, 0.25) is 0 Å². The van der Waals surface area contributed by atoms with E-state index >= 15 is 0 Å². The van der Waals surface area contributed by atoms with Gasteiger partial charge in [0.15, 0.2) is 5.78 Å². The van der Waals surface area contributed by atoms with Crippen LogP contribution in [0.4, 0.5) is 5.69 Å². The van der Waals surface area contributed by atoms with E-state index in [4.69, 9.17) is 18.9 Å². The quantitative estimate of drug-likeness (QED) is 0.407. The van der Waals surface area contributed by atoms with Crippen molar-refractivity contribution >= 4 is 17.4 Å². The summed E-state index contributed by atoms with van der Waals surface area (Å²) in [6, 6.07) is 20.9. The van der Waals surface area contributed by atoms with Crippen molar-refractivity contribution < 1.29 is 28.5 Å². The Morgan fingerprint density at radius 2 is 1.39 bits per heavy atom. The van der Waals surface area contributed by atoms with E-state index in [0.29, 0.717) is 52.8 Å². The number of rotatable bonds is 7. The molecule has 1 heterocycles. The molecule has 2 atom stereocenters. The molecule has 7 heteroatoms. The molecule has 3 aromatic rings. The summed E-state index contributed by atoms with van der Waals surface area (Å²) >= 11 is 0. The van der Waals surface area contributed by atoms with Crippen molar-refractivity contribution in [3.8, 4) is 23.0 Å². The van der Waals surface area contributed by atoms with Crippen molar-refractivity contribution in [3.63, 3.8) is 0 Å². The van der Waals surface area contributed by atoms with Crippen LogP contribution in [0.3, 0.4) is 0 Å². The van der Waals surface area contributed by atoms with Gasteiger partial charge in [0.25, 0.3) is 0 Å². The summed E-state index contributed by atoms with van der Waals surface area (Å²) in [5, 5.41) is 0. The van der Waals surface area contributed by atoms with Gasteiger partial charge in [-0.25, -0.2) is 0 Å². The predicted molar refractivity (Wildman–Crippen MR) is 144 cm³/mol. The molecule has 196 valence electrons. The first-order valence-electron chi connectivity index (χ1n) is 12.6. The maximum absolute atomic E-state index is 13.9. The average Bonchev–Trinajstić information content (AvgIpc) is 2.96. The molecule has 0 spiro atoms. The summed E-state index contributed by atoms with van der Waals surface area (Å²) in [6.45, 7) is 0. The van der Waals surface area contributed by atoms with Crippen molar-refractivity contribution in [3.05, 3.63) is 89.1 Å². The number of nitrogens with zero attached hydrogens (tertiary/aromatic N) is 1. The zero-order valence-electron chi connectivity index (χ0n) is 22.0. The average molecular weight is 514 g/mol. The fraction of sp³-hybridized carbons (Fsp3) is 0.290. The minimum absolute atomic E-state index is 0.0373. The van der Waals surface area contributed by atoms with Gasteiger partial charge in [-0.05, 0) is 24.0 Å². The number of Topliss-reactive ketones (excluding diaryl/α,β-unsaturated/α-hetero) is 1. The summed E-state index contributed by atoms with van der Waals surface area (Å²) in [6.07, 6.45) is 1.05. The highest BCUT2D eigenvalue weighted by molar-refractivity contribution is 6.08. The Bertz CT molecular complexity index is 1370. The molecule has 0 bridgehead atoms. The fourth-order valence-electron chi connectivity index (χ4n) is 5.59. The molecule has 5 rings (SSSR count). The second kappa shape index (κ2) is 10.6. The van der Waals surface area contributed by atoms with Gasteiger partial charge < -0.3 is 18.9 Å². The smallest absolute Gasteiger partial charge is 0.232 e. The monoisotopic (exact) mass is 513 g/mol. The highest BCUT2D eigenvalue weighted by atomic mass is 16.5. The van der Waals surface area contributed by atoms with Crippen LogP contribution in [0, 0.1) is 0 Å². The van der Waals surface area contributed by atoms with E-state index in [2.05, 4.69) is 0 Å². The molecule has 3 aromatic carbocycles. The molecule has 1 aliphatic carbocycles. The SMILES string of the molecule is COc1cc(OC)cc(N2C(=O)CC(c3ccc(OC)cc3OC)C3=C2CC(c2ccccc2)CC3=O)c1. The number of ether oxygens (including phenoxy) is 4. The number of ketones is 1. The predicted octanol–water partition coefficient (Wildman–Crippen LogP) is 5.64. The number of allylic oxidation sites excluding steroid dienone is 2. The van der Waals surface area contributed by atoms with Crippen LogP contribution >= 0.6 is 0 Å². The normalized spacial score (nSPS) is 19.2. The molecule has 2 aliphatic rings. The third-order valence-corrected chi connectivity index (χ3v) is 7.41. The van der Waals surface area contributed by atoms with E-state index in [1.165, 1.54) is 0 Å². The summed E-state index contributed by atoms with van der Waals surface area (Å²) in [5.41, 5.74) is 3.85. The van der Waals surface area contributed by atoms with Crippen LogP contribution in [0.5, 0.6) is 23.0 Å². The first kappa shape index (κ1) is 25.4. The van der Waals surface area contributed by atoms with Crippen molar-refractivity contribution in [1.82, 2.24) is 0 Å². The lowest BCUT2D eigenvalue weighted by Crippen LogP contribution is -2.42. The molecule has 0 saturated heterocycles. The Morgan fingerprint density at radius 3 is 2.03 bits per heavy atom. The molecule has 38 heavy (non-hydrogen) atoms. The number of carbonyl (C=O) groups is 2. The van der Waals surface area contributed by atoms with E-state index in [0.717, 1.165) is 11.1 Å². The van der Waals surface area contributed by atoms with Gasteiger partial charge in [0, 0.05) is 59.9 Å². The first-order chi connectivity index (χ1) is 18.5. The third kappa shape index (κ3) is 4.60. The van der Waals surface area contributed by atoms with Crippen LogP contribution < -0.4 is 23.8 Å². The number of anilines is 1. The second-order valence-electron chi connectivity index (χ2n) is 9.46. The molecule has 0 fully saturated rings. The lowest BCUT2D eigenvalue weighted by Gasteiger charge is -2.41. The van der Waals surface area contributed by atoms with Crippen LogP contribution in [0.1, 0.15) is 42.2 Å². The maximum Gasteiger partial charge on any atom is 0.232 e. The Kier molecular flexibility index (Phi) is 7.09. The maximum atomic E-state index is 13.9. The summed E-state index contributed by atoms with van der Waals surface area (Å²) in [4.78, 5) is 29.6. The number of amides is 1. The molecule has 1 aliphatic heterocycles. The van der Waals surface area contributed by atoms with E-state index < -0.39 is 5.92 Å². The topological polar surface area (TPSA) is 74.3 Å². The first-order valence-corrected chi connectivity index (χ1v) is 12.6. The van der Waals surface area contributed by atoms with Crippen LogP contribution in [0.15, 0.2) is 78.0 Å². The lowest BCUT2D eigenvalue weighted by molar-refractivity contribution is -0.120. The Morgan fingerprint density at radius 1 is 0.711 bits per heavy atom. The molecular weight excluding hydrogens is 482 g/mol. The van der Waals surface area contributed by atoms with Crippen LogP contribution in [0.25, 0.3) is 0 Å². The number of hydrogen-bond donors (Lipinski definition) is 0. The number of methoxy groups -OCH3 is 4. The van der Waals surface area contributed by atoms with Gasteiger partial charge in [-0.3, -0.25) is 14.5 Å². The molecule has 0 N–H and O–H groups in total. The van der Waals surface area contributed by atoms with Gasteiger partial charge in [0.05, 0.1) is 34.1 Å². The Hall–Kier alpha value is -4.26. The Labute approximate surface area is 222 Å². The molecule has 7 nitrogen and oxygen atoms in total. The lowest BCUT2D eigenvalue weighted by atomic mass is 9.72. The van der Waals surface area contributed by atoms with Gasteiger partial charge in [0.2, 0.25) is 5.91 Å². The van der Waals surface area contributed by atoms with E-state index in [-0.39, 0.29) is 24.0 Å². The third-order valence-electron chi connectivity index (χ3n) is 7.41. The highest BCUT2D eigenvalue weighted by Gasteiger charge is 2.43. The minimum Gasteiger partial charge on any atom is -0.497 e. The highest BCUT2D eigenvalue weighted by Crippen LogP contribution is 2.49. The second-order valence-corrected chi connectivity index (χ2v) is 9.46. The zero-order valence-corrected chi connectivity index (χ0v) is 22.0.